The van der Waals surface area contributed by atoms with E-state index in [1.165, 1.54) is 12.1 Å². The second-order valence-electron chi connectivity index (χ2n) is 5.85. The minimum atomic E-state index is -0.369. The van der Waals surface area contributed by atoms with E-state index in [2.05, 4.69) is 36.4 Å². The maximum Gasteiger partial charge on any atom is 0.259 e. The van der Waals surface area contributed by atoms with E-state index < -0.39 is 0 Å². The number of rotatable bonds is 3. The lowest BCUT2D eigenvalue weighted by Gasteiger charge is -2.07. The number of halogens is 2. The molecular formula is C19H12BrFN4O2. The zero-order valence-electron chi connectivity index (χ0n) is 14.0. The molecule has 0 bridgehead atoms. The highest BCUT2D eigenvalue weighted by Crippen LogP contribution is 2.31. The maximum absolute atomic E-state index is 13.2. The zero-order valence-corrected chi connectivity index (χ0v) is 15.6. The van der Waals surface area contributed by atoms with Gasteiger partial charge in [0.15, 0.2) is 0 Å². The molecule has 8 heteroatoms. The molecule has 0 atom stereocenters. The number of pyridine rings is 2. The Labute approximate surface area is 161 Å². The van der Waals surface area contributed by atoms with Crippen molar-refractivity contribution < 1.29 is 13.7 Å². The largest absolute Gasteiger partial charge is 0.335 e. The van der Waals surface area contributed by atoms with Gasteiger partial charge in [-0.3, -0.25) is 4.79 Å². The first-order valence-electron chi connectivity index (χ1n) is 7.97. The standard InChI is InChI=1S/C19H12BrFN4O2/c1-10-8-14(18(26)24-15-7-4-12(20)9-22-15)16-17(25-27-19(16)23-10)11-2-5-13(21)6-3-11/h2-9H,1H3,(H,22,24,26). The van der Waals surface area contributed by atoms with Gasteiger partial charge in [0.05, 0.1) is 10.9 Å². The van der Waals surface area contributed by atoms with E-state index in [1.54, 1.807) is 43.5 Å². The smallest absolute Gasteiger partial charge is 0.259 e. The van der Waals surface area contributed by atoms with Crippen molar-refractivity contribution in [3.63, 3.8) is 0 Å². The predicted octanol–water partition coefficient (Wildman–Crippen LogP) is 4.75. The van der Waals surface area contributed by atoms with Crippen LogP contribution in [-0.4, -0.2) is 21.0 Å². The first-order chi connectivity index (χ1) is 13.0. The van der Waals surface area contributed by atoms with Gasteiger partial charge in [0.25, 0.3) is 11.6 Å². The number of carbonyl (C=O) groups excluding carboxylic acids is 1. The van der Waals surface area contributed by atoms with Gasteiger partial charge in [-0.1, -0.05) is 5.16 Å². The van der Waals surface area contributed by atoms with E-state index in [-0.39, 0.29) is 17.4 Å². The van der Waals surface area contributed by atoms with Crippen LogP contribution in [0.3, 0.4) is 0 Å². The molecule has 0 aliphatic rings. The quantitative estimate of drug-likeness (QED) is 0.511. The van der Waals surface area contributed by atoms with Crippen LogP contribution < -0.4 is 5.32 Å². The molecule has 1 aromatic carbocycles. The molecule has 0 radical (unpaired) electrons. The third-order valence-electron chi connectivity index (χ3n) is 3.91. The summed E-state index contributed by atoms with van der Waals surface area (Å²) in [6, 6.07) is 10.9. The number of carbonyl (C=O) groups is 1. The fraction of sp³-hybridized carbons (Fsp3) is 0.0526. The van der Waals surface area contributed by atoms with Gasteiger partial charge in [0.1, 0.15) is 17.3 Å². The van der Waals surface area contributed by atoms with Gasteiger partial charge in [-0.05, 0) is 65.3 Å². The van der Waals surface area contributed by atoms with Gasteiger partial charge in [0, 0.05) is 21.9 Å². The molecule has 27 heavy (non-hydrogen) atoms. The van der Waals surface area contributed by atoms with E-state index in [9.17, 15) is 9.18 Å². The lowest BCUT2D eigenvalue weighted by molar-refractivity contribution is 0.102. The van der Waals surface area contributed by atoms with Gasteiger partial charge in [-0.15, -0.1) is 0 Å². The average Bonchev–Trinajstić information content (AvgIpc) is 3.07. The Bertz CT molecular complexity index is 1140. The number of amides is 1. The highest BCUT2D eigenvalue weighted by atomic mass is 79.9. The number of aryl methyl sites for hydroxylation is 1. The highest BCUT2D eigenvalue weighted by Gasteiger charge is 2.21. The molecule has 6 nitrogen and oxygen atoms in total. The summed E-state index contributed by atoms with van der Waals surface area (Å²) in [6.07, 6.45) is 1.59. The summed E-state index contributed by atoms with van der Waals surface area (Å²) in [6.45, 7) is 1.76. The van der Waals surface area contributed by atoms with Crippen molar-refractivity contribution in [3.05, 3.63) is 70.2 Å². The summed E-state index contributed by atoms with van der Waals surface area (Å²) in [5.41, 5.74) is 2.24. The molecule has 134 valence electrons. The van der Waals surface area contributed by atoms with E-state index >= 15 is 0 Å². The molecule has 0 fully saturated rings. The molecule has 1 N–H and O–H groups in total. The lowest BCUT2D eigenvalue weighted by Crippen LogP contribution is -2.14. The third-order valence-corrected chi connectivity index (χ3v) is 4.37. The van der Waals surface area contributed by atoms with Crippen molar-refractivity contribution in [2.45, 2.75) is 6.92 Å². The normalized spacial score (nSPS) is 10.9. The van der Waals surface area contributed by atoms with Gasteiger partial charge in [0.2, 0.25) is 0 Å². The molecule has 3 heterocycles. The van der Waals surface area contributed by atoms with Gasteiger partial charge < -0.3 is 9.84 Å². The second-order valence-corrected chi connectivity index (χ2v) is 6.76. The van der Waals surface area contributed by atoms with Gasteiger partial charge in [-0.2, -0.15) is 0 Å². The van der Waals surface area contributed by atoms with Crippen LogP contribution in [0, 0.1) is 12.7 Å². The predicted molar refractivity (Wildman–Crippen MR) is 102 cm³/mol. The molecule has 4 rings (SSSR count). The molecule has 0 saturated heterocycles. The number of aromatic nitrogens is 3. The fourth-order valence-corrected chi connectivity index (χ4v) is 2.93. The van der Waals surface area contributed by atoms with Crippen molar-refractivity contribution in [3.8, 4) is 11.3 Å². The fourth-order valence-electron chi connectivity index (χ4n) is 2.69. The topological polar surface area (TPSA) is 80.9 Å². The molecule has 0 saturated carbocycles. The highest BCUT2D eigenvalue weighted by molar-refractivity contribution is 9.10. The summed E-state index contributed by atoms with van der Waals surface area (Å²) >= 11 is 3.30. The molecular weight excluding hydrogens is 415 g/mol. The Morgan fingerprint density at radius 1 is 1.19 bits per heavy atom. The number of benzene rings is 1. The van der Waals surface area contributed by atoms with Crippen molar-refractivity contribution in [2.24, 2.45) is 0 Å². The number of nitrogens with one attached hydrogen (secondary N) is 1. The molecule has 0 unspecified atom stereocenters. The molecule has 1 amide bonds. The number of hydrogen-bond donors (Lipinski definition) is 1. The minimum absolute atomic E-state index is 0.239. The van der Waals surface area contributed by atoms with Gasteiger partial charge >= 0.3 is 0 Å². The first kappa shape index (κ1) is 17.3. The third kappa shape index (κ3) is 3.43. The minimum Gasteiger partial charge on any atom is -0.335 e. The summed E-state index contributed by atoms with van der Waals surface area (Å²) in [5, 5.41) is 7.25. The van der Waals surface area contributed by atoms with Crippen LogP contribution in [0.15, 0.2) is 57.7 Å². The Morgan fingerprint density at radius 3 is 2.67 bits per heavy atom. The monoisotopic (exact) mass is 426 g/mol. The Kier molecular flexibility index (Phi) is 4.41. The summed E-state index contributed by atoms with van der Waals surface area (Å²) in [7, 11) is 0. The molecule has 0 aliphatic carbocycles. The molecule has 0 aliphatic heterocycles. The maximum atomic E-state index is 13.2. The number of nitrogens with zero attached hydrogens (tertiary/aromatic N) is 3. The average molecular weight is 427 g/mol. The first-order valence-corrected chi connectivity index (χ1v) is 8.76. The van der Waals surface area contributed by atoms with Crippen LogP contribution in [-0.2, 0) is 0 Å². The van der Waals surface area contributed by atoms with Crippen LogP contribution >= 0.6 is 15.9 Å². The van der Waals surface area contributed by atoms with Gasteiger partial charge in [-0.25, -0.2) is 14.4 Å². The lowest BCUT2D eigenvalue weighted by atomic mass is 10.0. The Hall–Kier alpha value is -3.13. The number of fused-ring (bicyclic) bond motifs is 1. The molecule has 3 aromatic heterocycles. The SMILES string of the molecule is Cc1cc(C(=O)Nc2ccc(Br)cn2)c2c(-c3ccc(F)cc3)noc2n1. The van der Waals surface area contributed by atoms with E-state index in [1.807, 2.05) is 0 Å². The van der Waals surface area contributed by atoms with Crippen molar-refractivity contribution in [1.29, 1.82) is 0 Å². The summed E-state index contributed by atoms with van der Waals surface area (Å²) < 4.78 is 19.4. The van der Waals surface area contributed by atoms with Crippen LogP contribution in [0.5, 0.6) is 0 Å². The molecule has 4 aromatic rings. The Balaban J connectivity index is 1.81. The van der Waals surface area contributed by atoms with E-state index in [0.717, 1.165) is 4.47 Å². The van der Waals surface area contributed by atoms with E-state index in [0.29, 0.717) is 33.7 Å². The van der Waals surface area contributed by atoms with Crippen LogP contribution in [0.4, 0.5) is 10.2 Å². The number of hydrogen-bond acceptors (Lipinski definition) is 5. The van der Waals surface area contributed by atoms with E-state index in [4.69, 9.17) is 4.52 Å². The molecule has 0 spiro atoms. The summed E-state index contributed by atoms with van der Waals surface area (Å²) in [4.78, 5) is 21.3. The Morgan fingerprint density at radius 2 is 1.96 bits per heavy atom. The van der Waals surface area contributed by atoms with Crippen LogP contribution in [0.25, 0.3) is 22.4 Å². The van der Waals surface area contributed by atoms with Crippen LogP contribution in [0.1, 0.15) is 16.1 Å². The van der Waals surface area contributed by atoms with Crippen molar-refractivity contribution >= 4 is 38.8 Å². The second kappa shape index (κ2) is 6.88. The van der Waals surface area contributed by atoms with Crippen molar-refractivity contribution in [2.75, 3.05) is 5.32 Å². The number of anilines is 1. The zero-order chi connectivity index (χ0) is 19.0. The summed E-state index contributed by atoms with van der Waals surface area (Å²) in [5.74, 6) is -0.322. The van der Waals surface area contributed by atoms with Crippen molar-refractivity contribution in [1.82, 2.24) is 15.1 Å². The van der Waals surface area contributed by atoms with Crippen LogP contribution in [0.2, 0.25) is 0 Å².